The van der Waals surface area contributed by atoms with E-state index in [1.807, 2.05) is 5.01 Å². The van der Waals surface area contributed by atoms with Gasteiger partial charge in [0, 0.05) is 5.70 Å². The average Bonchev–Trinajstić information content (AvgIpc) is 2.76. The first-order valence-corrected chi connectivity index (χ1v) is 8.86. The molecule has 2 aliphatic heterocycles. The zero-order chi connectivity index (χ0) is 14.6. The molecule has 0 spiro atoms. The highest BCUT2D eigenvalue weighted by Crippen LogP contribution is 2.45. The lowest BCUT2D eigenvalue weighted by Gasteiger charge is -2.12. The van der Waals surface area contributed by atoms with E-state index in [0.29, 0.717) is 10.5 Å². The summed E-state index contributed by atoms with van der Waals surface area (Å²) in [5.41, 5.74) is 1.19. The highest BCUT2D eigenvalue weighted by molar-refractivity contribution is 8.42. The molecule has 0 aromatic heterocycles. The van der Waals surface area contributed by atoms with Crippen molar-refractivity contribution < 1.29 is 33.7 Å². The number of Topliss-reactive ketones (excluding diaryl/α,β-unsaturated/α-hetero) is 1. The Bertz CT molecular complexity index is 406. The van der Waals surface area contributed by atoms with Gasteiger partial charge < -0.3 is 0 Å². The minimum atomic E-state index is -4.69. The number of hydrogen-bond acceptors (Lipinski definition) is 10. The van der Waals surface area contributed by atoms with E-state index in [1.165, 1.54) is 17.5 Å². The second kappa shape index (κ2) is 7.18. The second-order valence-corrected chi connectivity index (χ2v) is 7.75. The average molecular weight is 347 g/mol. The van der Waals surface area contributed by atoms with Gasteiger partial charge in [-0.2, -0.15) is 19.1 Å². The van der Waals surface area contributed by atoms with E-state index >= 15 is 0 Å². The monoisotopic (exact) mass is 346 g/mol. The summed E-state index contributed by atoms with van der Waals surface area (Å²) >= 11 is 5.03. The molecule has 108 valence electrons. The molecule has 19 heavy (non-hydrogen) atoms. The van der Waals surface area contributed by atoms with Gasteiger partial charge in [0.1, 0.15) is 5.78 Å². The summed E-state index contributed by atoms with van der Waals surface area (Å²) in [6, 6.07) is 0. The van der Waals surface area contributed by atoms with Crippen molar-refractivity contribution in [1.82, 2.24) is 5.01 Å². The standard InChI is InChI=1S/C8H10N2OS3.ClHO4/c1-5-3-13-8-10(5)9-7(14-8)12-4-6(2)11;2-1(3,4)5/h3,8H,4H2,1-2H3;(H,2,3,4,5). The van der Waals surface area contributed by atoms with Crippen LogP contribution in [0.15, 0.2) is 16.2 Å². The summed E-state index contributed by atoms with van der Waals surface area (Å²) in [6.45, 7) is 3.66. The van der Waals surface area contributed by atoms with Crippen LogP contribution in [-0.4, -0.2) is 30.3 Å². The van der Waals surface area contributed by atoms with Gasteiger partial charge in [-0.3, -0.25) is 4.79 Å². The van der Waals surface area contributed by atoms with Crippen LogP contribution >= 0.6 is 35.3 Å². The molecule has 0 aromatic carbocycles. The Labute approximate surface area is 124 Å². The number of rotatable bonds is 2. The fourth-order valence-corrected chi connectivity index (χ4v) is 4.47. The maximum Gasteiger partial charge on any atom is 0.153 e. The van der Waals surface area contributed by atoms with Crippen LogP contribution in [0.1, 0.15) is 13.8 Å². The van der Waals surface area contributed by atoms with Gasteiger partial charge >= 0.3 is 0 Å². The minimum absolute atomic E-state index is 0.199. The van der Waals surface area contributed by atoms with E-state index in [2.05, 4.69) is 17.4 Å². The number of carbonyl (C=O) groups excluding carboxylic acids is 1. The minimum Gasteiger partial charge on any atom is -0.299 e. The summed E-state index contributed by atoms with van der Waals surface area (Å²) < 4.78 is 34.1. The number of allylic oxidation sites excluding steroid dienone is 1. The first-order valence-electron chi connectivity index (χ1n) is 4.79. The molecule has 7 nitrogen and oxygen atoms in total. The van der Waals surface area contributed by atoms with Gasteiger partial charge in [0.2, 0.25) is 0 Å². The van der Waals surface area contributed by atoms with Crippen molar-refractivity contribution in [2.24, 2.45) is 5.10 Å². The molecule has 11 heteroatoms. The number of fused-ring (bicyclic) bond motifs is 1. The zero-order valence-electron chi connectivity index (χ0n) is 9.94. The molecule has 2 aliphatic rings. The number of ketones is 1. The lowest BCUT2D eigenvalue weighted by Crippen LogP contribution is -2.58. The summed E-state index contributed by atoms with van der Waals surface area (Å²) in [7, 11) is -4.69. The molecular weight excluding hydrogens is 336 g/mol. The van der Waals surface area contributed by atoms with E-state index in [1.54, 1.807) is 30.4 Å². The molecule has 1 atom stereocenters. The first kappa shape index (κ1) is 17.1. The van der Waals surface area contributed by atoms with Crippen LogP contribution in [0.3, 0.4) is 0 Å². The fourth-order valence-electron chi connectivity index (χ4n) is 1.06. The van der Waals surface area contributed by atoms with Gasteiger partial charge in [0.15, 0.2) is 9.08 Å². The Hall–Kier alpha value is 0.0600. The summed E-state index contributed by atoms with van der Waals surface area (Å²) in [5.74, 6) is 0.727. The molecule has 0 aliphatic carbocycles. The van der Waals surface area contributed by atoms with Crippen molar-refractivity contribution in [3.63, 3.8) is 0 Å². The lowest BCUT2D eigenvalue weighted by atomic mass is 10.5. The highest BCUT2D eigenvalue weighted by Gasteiger charge is 2.32. The molecular formula is C8H11ClN2O5S3. The fraction of sp³-hybridized carbons (Fsp3) is 0.500. The molecule has 2 heterocycles. The number of hydrazone groups is 1. The van der Waals surface area contributed by atoms with E-state index < -0.39 is 10.2 Å². The number of hydrogen-bond donors (Lipinski definition) is 1. The number of nitrogens with zero attached hydrogens (tertiary/aromatic N) is 2. The van der Waals surface area contributed by atoms with Crippen LogP contribution in [0.25, 0.3) is 0 Å². The molecule has 0 saturated carbocycles. The van der Waals surface area contributed by atoms with Crippen molar-refractivity contribution >= 4 is 45.4 Å². The molecule has 0 radical (unpaired) electrons. The number of thioether (sulfide) groups is 3. The summed E-state index contributed by atoms with van der Waals surface area (Å²) in [6.07, 6.45) is 0. The van der Waals surface area contributed by atoms with E-state index in [4.69, 9.17) is 18.6 Å². The smallest absolute Gasteiger partial charge is 0.153 e. The molecule has 2 rings (SSSR count). The molecule has 0 amide bonds. The topological polar surface area (TPSA) is 122 Å². The third-order valence-corrected chi connectivity index (χ3v) is 5.44. The molecule has 0 fully saturated rings. The predicted octanol–water partition coefficient (Wildman–Crippen LogP) is -1.60. The van der Waals surface area contributed by atoms with Crippen LogP contribution < -0.4 is 14.0 Å². The Morgan fingerprint density at radius 1 is 1.63 bits per heavy atom. The molecule has 0 saturated heterocycles. The van der Waals surface area contributed by atoms with E-state index in [-0.39, 0.29) is 5.78 Å². The lowest BCUT2D eigenvalue weighted by molar-refractivity contribution is -1.92. The molecule has 0 bridgehead atoms. The van der Waals surface area contributed by atoms with Crippen LogP contribution in [0.5, 0.6) is 0 Å². The Kier molecular flexibility index (Phi) is 6.47. The first-order chi connectivity index (χ1) is 8.66. The van der Waals surface area contributed by atoms with Gasteiger partial charge in [0.25, 0.3) is 0 Å². The third kappa shape index (κ3) is 6.86. The van der Waals surface area contributed by atoms with Crippen LogP contribution in [-0.2, 0) is 4.79 Å². The quantitative estimate of drug-likeness (QED) is 0.629. The second-order valence-electron chi connectivity index (χ2n) is 3.42. The largest absolute Gasteiger partial charge is 0.299 e. The van der Waals surface area contributed by atoms with E-state index in [9.17, 15) is 4.79 Å². The molecule has 0 aromatic rings. The highest BCUT2D eigenvalue weighted by atomic mass is 35.7. The molecule has 1 N–H and O–H groups in total. The van der Waals surface area contributed by atoms with Crippen molar-refractivity contribution in [3.8, 4) is 0 Å². The SMILES string of the molecule is CC(=O)CSC1=NN2C(C)=CSC2S1.[O-][Cl+3]([O-])([O-])O. The van der Waals surface area contributed by atoms with Crippen molar-refractivity contribution in [2.45, 2.75) is 18.6 Å². The normalized spacial score (nSPS) is 21.4. The predicted molar refractivity (Wildman–Crippen MR) is 67.4 cm³/mol. The number of halogens is 1. The van der Waals surface area contributed by atoms with Gasteiger partial charge in [-0.25, -0.2) is 5.01 Å². The molecule has 1 unspecified atom stereocenters. The van der Waals surface area contributed by atoms with E-state index in [0.717, 1.165) is 4.38 Å². The Balaban J connectivity index is 0.000000312. The van der Waals surface area contributed by atoms with Gasteiger partial charge in [0.05, 0.1) is 20.7 Å². The van der Waals surface area contributed by atoms with Gasteiger partial charge in [-0.1, -0.05) is 35.3 Å². The van der Waals surface area contributed by atoms with Crippen LogP contribution in [0, 0.1) is 10.2 Å². The van der Waals surface area contributed by atoms with Crippen molar-refractivity contribution in [3.05, 3.63) is 11.1 Å². The van der Waals surface area contributed by atoms with Gasteiger partial charge in [-0.05, 0) is 19.3 Å². The summed E-state index contributed by atoms with van der Waals surface area (Å²) in [5, 5.41) is 8.57. The van der Waals surface area contributed by atoms with Crippen molar-refractivity contribution in [1.29, 1.82) is 0 Å². The maximum atomic E-state index is 10.8. The zero-order valence-corrected chi connectivity index (χ0v) is 13.1. The number of carbonyl (C=O) groups is 1. The van der Waals surface area contributed by atoms with Crippen LogP contribution in [0.4, 0.5) is 0 Å². The Morgan fingerprint density at radius 2 is 2.21 bits per heavy atom. The Morgan fingerprint density at radius 3 is 2.68 bits per heavy atom. The van der Waals surface area contributed by atoms with Gasteiger partial charge in [-0.15, -0.1) is 0 Å². The maximum absolute atomic E-state index is 10.8. The van der Waals surface area contributed by atoms with Crippen LogP contribution in [0.2, 0.25) is 0 Å². The third-order valence-electron chi connectivity index (χ3n) is 1.71. The summed E-state index contributed by atoms with van der Waals surface area (Å²) in [4.78, 5) is 10.8. The van der Waals surface area contributed by atoms with Crippen molar-refractivity contribution in [2.75, 3.05) is 5.75 Å².